The van der Waals surface area contributed by atoms with E-state index in [-0.39, 0.29) is 5.56 Å². The molecule has 0 aliphatic carbocycles. The summed E-state index contributed by atoms with van der Waals surface area (Å²) in [5.74, 6) is -3.38. The van der Waals surface area contributed by atoms with Gasteiger partial charge in [-0.1, -0.05) is 30.0 Å². The fourth-order valence-corrected chi connectivity index (χ4v) is 1.03. The van der Waals surface area contributed by atoms with Crippen LogP contribution in [0.5, 0.6) is 5.75 Å². The minimum atomic E-state index is -1.29. The molecule has 0 aliphatic rings. The first-order valence-corrected chi connectivity index (χ1v) is 4.78. The Hall–Kier alpha value is -2.83. The van der Waals surface area contributed by atoms with Gasteiger partial charge in [-0.2, -0.15) is 0 Å². The van der Waals surface area contributed by atoms with Crippen molar-refractivity contribution in [2.24, 2.45) is 0 Å². The average Bonchev–Trinajstić information content (AvgIpc) is 2.34. The zero-order valence-corrected chi connectivity index (χ0v) is 9.04. The van der Waals surface area contributed by atoms with E-state index in [0.717, 1.165) is 6.08 Å². The lowest BCUT2D eigenvalue weighted by molar-refractivity contribution is -0.268. The standard InChI is InChI=1S/C11H10N2O5/c14-8-4-2-1-3-7(8)11(18)13-12-9(15)5-6-10(16)17/h1-6,14H,(H,12,15)(H,13,18)(H,16,17)/p-1. The topological polar surface area (TPSA) is 119 Å². The largest absolute Gasteiger partial charge is 0.872 e. The van der Waals surface area contributed by atoms with Gasteiger partial charge in [0.1, 0.15) is 0 Å². The molecule has 0 heterocycles. The van der Waals surface area contributed by atoms with Gasteiger partial charge in [0.05, 0.1) is 0 Å². The molecule has 0 atom stereocenters. The summed E-state index contributed by atoms with van der Waals surface area (Å²) in [5.41, 5.74) is 3.79. The quantitative estimate of drug-likeness (QED) is 0.477. The number of carboxylic acids is 1. The fraction of sp³-hybridized carbons (Fsp3) is 0. The lowest BCUT2D eigenvalue weighted by atomic mass is 10.2. The van der Waals surface area contributed by atoms with Crippen LogP contribution in [-0.2, 0) is 9.59 Å². The highest BCUT2D eigenvalue weighted by Crippen LogP contribution is 2.11. The molecule has 0 aromatic heterocycles. The molecule has 0 radical (unpaired) electrons. The van der Waals surface area contributed by atoms with Crippen LogP contribution in [0.1, 0.15) is 10.4 Å². The Morgan fingerprint density at radius 2 is 1.78 bits per heavy atom. The van der Waals surface area contributed by atoms with Crippen molar-refractivity contribution in [1.29, 1.82) is 0 Å². The van der Waals surface area contributed by atoms with Crippen LogP contribution in [0.2, 0.25) is 0 Å². The van der Waals surface area contributed by atoms with E-state index in [2.05, 4.69) is 0 Å². The maximum absolute atomic E-state index is 11.4. The number of hydrogen-bond donors (Lipinski definition) is 3. The van der Waals surface area contributed by atoms with Crippen LogP contribution >= 0.6 is 0 Å². The second kappa shape index (κ2) is 6.04. The number of aliphatic carboxylic acids is 1. The maximum atomic E-state index is 11.4. The van der Waals surface area contributed by atoms with Gasteiger partial charge < -0.3 is 10.2 Å². The second-order valence-electron chi connectivity index (χ2n) is 3.11. The van der Waals surface area contributed by atoms with Crippen molar-refractivity contribution in [3.8, 4) is 5.75 Å². The number of para-hydroxylation sites is 1. The normalized spacial score (nSPS) is 10.0. The molecule has 0 spiro atoms. The number of amides is 2. The summed E-state index contributed by atoms with van der Waals surface area (Å²) in [5, 5.41) is 19.5. The lowest BCUT2D eigenvalue weighted by Crippen LogP contribution is -2.41. The number of hydrogen-bond acceptors (Lipinski definition) is 4. The molecule has 7 heteroatoms. The van der Waals surface area contributed by atoms with E-state index in [1.165, 1.54) is 24.3 Å². The Morgan fingerprint density at radius 3 is 2.39 bits per heavy atom. The average molecular weight is 249 g/mol. The summed E-state index contributed by atoms with van der Waals surface area (Å²) in [6, 6.07) is 5.49. The highest BCUT2D eigenvalue weighted by atomic mass is 16.4. The third-order valence-electron chi connectivity index (χ3n) is 1.81. The first-order valence-electron chi connectivity index (χ1n) is 4.78. The van der Waals surface area contributed by atoms with Crippen molar-refractivity contribution < 1.29 is 24.6 Å². The van der Waals surface area contributed by atoms with E-state index in [4.69, 9.17) is 5.11 Å². The Balaban J connectivity index is 2.55. The fourth-order valence-electron chi connectivity index (χ4n) is 1.03. The zero-order chi connectivity index (χ0) is 13.5. The molecule has 0 aliphatic heterocycles. The molecule has 3 N–H and O–H groups in total. The predicted molar refractivity (Wildman–Crippen MR) is 58.3 cm³/mol. The lowest BCUT2D eigenvalue weighted by Gasteiger charge is -2.12. The summed E-state index contributed by atoms with van der Waals surface area (Å²) in [7, 11) is 0. The van der Waals surface area contributed by atoms with Crippen LogP contribution in [-0.4, -0.2) is 22.9 Å². The summed E-state index contributed by atoms with van der Waals surface area (Å²) in [6.45, 7) is 0. The number of carboxylic acid groups (broad SMARTS) is 1. The van der Waals surface area contributed by atoms with Gasteiger partial charge in [-0.3, -0.25) is 20.4 Å². The number of hydrazine groups is 1. The Kier molecular flexibility index (Phi) is 4.44. The maximum Gasteiger partial charge on any atom is 0.328 e. The van der Waals surface area contributed by atoms with Gasteiger partial charge in [0.2, 0.25) is 0 Å². The minimum absolute atomic E-state index is 0.125. The zero-order valence-electron chi connectivity index (χ0n) is 9.04. The molecular weight excluding hydrogens is 240 g/mol. The molecular formula is C11H9N2O5-. The molecule has 1 aromatic carbocycles. The first kappa shape index (κ1) is 13.2. The molecule has 18 heavy (non-hydrogen) atoms. The van der Waals surface area contributed by atoms with Gasteiger partial charge in [0.15, 0.2) is 0 Å². The van der Waals surface area contributed by atoms with Crippen molar-refractivity contribution in [3.05, 3.63) is 42.0 Å². The van der Waals surface area contributed by atoms with Crippen molar-refractivity contribution >= 4 is 17.8 Å². The van der Waals surface area contributed by atoms with Crippen LogP contribution < -0.4 is 16.0 Å². The molecule has 94 valence electrons. The summed E-state index contributed by atoms with van der Waals surface area (Å²) < 4.78 is 0. The molecule has 1 aromatic rings. The van der Waals surface area contributed by atoms with Gasteiger partial charge in [-0.25, -0.2) is 4.79 Å². The van der Waals surface area contributed by atoms with Crippen LogP contribution in [0.4, 0.5) is 0 Å². The van der Waals surface area contributed by atoms with Gasteiger partial charge in [0, 0.05) is 17.7 Å². The highest BCUT2D eigenvalue weighted by molar-refractivity contribution is 5.99. The minimum Gasteiger partial charge on any atom is -0.872 e. The van der Waals surface area contributed by atoms with Crippen molar-refractivity contribution in [2.45, 2.75) is 0 Å². The van der Waals surface area contributed by atoms with Crippen molar-refractivity contribution in [1.82, 2.24) is 10.9 Å². The number of carbonyl (C=O) groups excluding carboxylic acids is 2. The molecule has 0 bridgehead atoms. The Bertz CT molecular complexity index is 510. The number of carbonyl (C=O) groups is 3. The van der Waals surface area contributed by atoms with Gasteiger partial charge in [0.25, 0.3) is 11.8 Å². The van der Waals surface area contributed by atoms with E-state index in [9.17, 15) is 19.5 Å². The Labute approximate surface area is 102 Å². The SMILES string of the molecule is O=C(O)C=CC(=O)NNC(=O)c1ccccc1[O-]. The molecule has 0 fully saturated rings. The van der Waals surface area contributed by atoms with Gasteiger partial charge in [-0.05, 0) is 0 Å². The molecule has 0 unspecified atom stereocenters. The molecule has 2 amide bonds. The van der Waals surface area contributed by atoms with Crippen LogP contribution in [0.25, 0.3) is 0 Å². The second-order valence-corrected chi connectivity index (χ2v) is 3.11. The molecule has 1 rings (SSSR count). The number of nitrogens with one attached hydrogen (secondary N) is 2. The molecule has 0 saturated carbocycles. The highest BCUT2D eigenvalue weighted by Gasteiger charge is 2.06. The van der Waals surface area contributed by atoms with Crippen LogP contribution in [0.15, 0.2) is 36.4 Å². The third-order valence-corrected chi connectivity index (χ3v) is 1.81. The van der Waals surface area contributed by atoms with Gasteiger partial charge in [-0.15, -0.1) is 0 Å². The van der Waals surface area contributed by atoms with Crippen LogP contribution in [0.3, 0.4) is 0 Å². The summed E-state index contributed by atoms with van der Waals surface area (Å²) in [4.78, 5) is 32.6. The van der Waals surface area contributed by atoms with E-state index in [1.807, 2.05) is 10.9 Å². The summed E-state index contributed by atoms with van der Waals surface area (Å²) in [6.07, 6.45) is 1.34. The predicted octanol–water partition coefficient (Wildman–Crippen LogP) is -0.838. The molecule has 0 saturated heterocycles. The van der Waals surface area contributed by atoms with E-state index < -0.39 is 23.5 Å². The van der Waals surface area contributed by atoms with Crippen molar-refractivity contribution in [3.63, 3.8) is 0 Å². The van der Waals surface area contributed by atoms with Gasteiger partial charge >= 0.3 is 5.97 Å². The van der Waals surface area contributed by atoms with E-state index >= 15 is 0 Å². The number of rotatable bonds is 3. The van der Waals surface area contributed by atoms with Crippen LogP contribution in [0, 0.1) is 0 Å². The summed E-state index contributed by atoms with van der Waals surface area (Å²) >= 11 is 0. The smallest absolute Gasteiger partial charge is 0.328 e. The molecule has 7 nitrogen and oxygen atoms in total. The van der Waals surface area contributed by atoms with E-state index in [0.29, 0.717) is 6.08 Å². The van der Waals surface area contributed by atoms with E-state index in [1.54, 1.807) is 0 Å². The number of benzene rings is 1. The monoisotopic (exact) mass is 249 g/mol. The first-order chi connectivity index (χ1) is 8.50. The third kappa shape index (κ3) is 3.97. The Morgan fingerprint density at radius 1 is 1.11 bits per heavy atom. The van der Waals surface area contributed by atoms with Crippen molar-refractivity contribution in [2.75, 3.05) is 0 Å².